The van der Waals surface area contributed by atoms with E-state index in [9.17, 15) is 35.2 Å². The Kier molecular flexibility index (Phi) is 14.2. The maximum Gasteiger partial charge on any atom is 0.242 e. The van der Waals surface area contributed by atoms with Gasteiger partial charge in [-0.25, -0.2) is 0 Å². The van der Waals surface area contributed by atoms with Crippen molar-refractivity contribution >= 4 is 6.29 Å². The van der Waals surface area contributed by atoms with Crippen LogP contribution in [0.25, 0.3) is 0 Å². The number of hydrogen-bond acceptors (Lipinski definition) is 7. The van der Waals surface area contributed by atoms with E-state index in [1.807, 2.05) is 6.08 Å². The normalized spacial score (nSPS) is 16.0. The summed E-state index contributed by atoms with van der Waals surface area (Å²) in [5.41, 5.74) is 0. The first kappa shape index (κ1) is 25.1. The highest BCUT2D eigenvalue weighted by molar-refractivity contribution is 5.48. The van der Waals surface area contributed by atoms with E-state index in [4.69, 9.17) is 0 Å². The van der Waals surface area contributed by atoms with Gasteiger partial charge in [-0.1, -0.05) is 38.3 Å². The minimum absolute atomic E-state index is 0.00940. The molecule has 0 radical (unpaired) electrons. The van der Waals surface area contributed by atoms with E-state index in [-0.39, 0.29) is 12.8 Å². The average molecular weight is 388 g/mol. The lowest BCUT2D eigenvalue weighted by Crippen LogP contribution is -2.41. The van der Waals surface area contributed by atoms with Crippen molar-refractivity contribution in [3.63, 3.8) is 0 Å². The minimum atomic E-state index is -1.45. The second-order valence-electron chi connectivity index (χ2n) is 6.70. The number of unbranched alkanes of at least 4 members (excludes halogenated alkanes) is 6. The summed E-state index contributed by atoms with van der Waals surface area (Å²) in [6.07, 6.45) is 7.51. The third-order valence-corrected chi connectivity index (χ3v) is 4.57. The van der Waals surface area contributed by atoms with Crippen molar-refractivity contribution in [3.05, 3.63) is 32.4 Å². The highest BCUT2D eigenvalue weighted by Crippen LogP contribution is 2.16. The Hall–Kier alpha value is -1.87. The smallest absolute Gasteiger partial charge is 0.242 e. The van der Waals surface area contributed by atoms with Gasteiger partial charge < -0.3 is 15.0 Å². The number of nitro groups is 2. The fourth-order valence-electron chi connectivity index (χ4n) is 2.88. The van der Waals surface area contributed by atoms with Crippen molar-refractivity contribution in [1.29, 1.82) is 0 Å². The summed E-state index contributed by atoms with van der Waals surface area (Å²) in [6, 6.07) is -2.54. The molecular formula is C18H32N2O7. The quantitative estimate of drug-likeness (QED) is 0.128. The molecule has 4 unspecified atom stereocenters. The zero-order valence-electron chi connectivity index (χ0n) is 15.9. The second kappa shape index (κ2) is 15.2. The van der Waals surface area contributed by atoms with Crippen LogP contribution in [0.2, 0.25) is 0 Å². The predicted molar refractivity (Wildman–Crippen MR) is 101 cm³/mol. The molecule has 0 aromatic heterocycles. The van der Waals surface area contributed by atoms with Crippen molar-refractivity contribution in [3.8, 4) is 0 Å². The van der Waals surface area contributed by atoms with Crippen molar-refractivity contribution in [2.45, 2.75) is 95.4 Å². The van der Waals surface area contributed by atoms with Gasteiger partial charge in [-0.3, -0.25) is 20.2 Å². The SMILES string of the molecule is CCC(C(O)CC(O)C(C/C=C\CCCCCCCC=O)[N+](=O)[O-])[N+](=O)[O-]. The maximum atomic E-state index is 11.2. The molecule has 0 aliphatic carbocycles. The summed E-state index contributed by atoms with van der Waals surface area (Å²) in [5.74, 6) is 0. The summed E-state index contributed by atoms with van der Waals surface area (Å²) in [6.45, 7) is 1.54. The number of nitrogens with zero attached hydrogens (tertiary/aromatic N) is 2. The molecule has 0 aromatic carbocycles. The molecular weight excluding hydrogens is 356 g/mol. The summed E-state index contributed by atoms with van der Waals surface area (Å²) >= 11 is 0. The van der Waals surface area contributed by atoms with Gasteiger partial charge in [-0.05, 0) is 19.3 Å². The van der Waals surface area contributed by atoms with Gasteiger partial charge in [0, 0.05) is 35.5 Å². The Morgan fingerprint density at radius 3 is 1.89 bits per heavy atom. The predicted octanol–water partition coefficient (Wildman–Crippen LogP) is 2.67. The maximum absolute atomic E-state index is 11.2. The molecule has 0 rings (SSSR count). The van der Waals surface area contributed by atoms with Crippen LogP contribution < -0.4 is 0 Å². The Balaban J connectivity index is 4.26. The van der Waals surface area contributed by atoms with Crippen molar-refractivity contribution in [2.24, 2.45) is 0 Å². The number of aldehydes is 1. The zero-order valence-corrected chi connectivity index (χ0v) is 15.9. The highest BCUT2D eigenvalue weighted by atomic mass is 16.6. The Bertz CT molecular complexity index is 471. The van der Waals surface area contributed by atoms with E-state index in [2.05, 4.69) is 0 Å². The summed E-state index contributed by atoms with van der Waals surface area (Å²) < 4.78 is 0. The number of aliphatic hydroxyl groups excluding tert-OH is 2. The number of rotatable bonds is 17. The van der Waals surface area contributed by atoms with E-state index in [1.165, 1.54) is 0 Å². The first-order chi connectivity index (χ1) is 12.8. The van der Waals surface area contributed by atoms with Crippen molar-refractivity contribution in [2.75, 3.05) is 0 Å². The van der Waals surface area contributed by atoms with E-state index >= 15 is 0 Å². The van der Waals surface area contributed by atoms with Gasteiger partial charge in [0.1, 0.15) is 18.5 Å². The molecule has 0 bridgehead atoms. The van der Waals surface area contributed by atoms with Gasteiger partial charge in [0.2, 0.25) is 12.1 Å². The van der Waals surface area contributed by atoms with Gasteiger partial charge in [0.15, 0.2) is 0 Å². The Morgan fingerprint density at radius 1 is 0.852 bits per heavy atom. The van der Waals surface area contributed by atoms with Gasteiger partial charge in [0.25, 0.3) is 0 Å². The fraction of sp³-hybridized carbons (Fsp3) is 0.833. The van der Waals surface area contributed by atoms with Crippen LogP contribution in [0.1, 0.15) is 71.1 Å². The molecule has 2 N–H and O–H groups in total. The molecule has 0 spiro atoms. The van der Waals surface area contributed by atoms with E-state index in [0.29, 0.717) is 6.42 Å². The topological polar surface area (TPSA) is 144 Å². The molecule has 0 amide bonds. The summed E-state index contributed by atoms with van der Waals surface area (Å²) in [7, 11) is 0. The summed E-state index contributed by atoms with van der Waals surface area (Å²) in [4.78, 5) is 30.9. The number of aliphatic hydroxyl groups is 2. The lowest BCUT2D eigenvalue weighted by molar-refractivity contribution is -0.543. The van der Waals surface area contributed by atoms with Gasteiger partial charge >= 0.3 is 0 Å². The van der Waals surface area contributed by atoms with Crippen LogP contribution in [0.5, 0.6) is 0 Å². The van der Waals surface area contributed by atoms with Crippen molar-refractivity contribution in [1.82, 2.24) is 0 Å². The number of allylic oxidation sites excluding steroid dienone is 1. The molecule has 27 heavy (non-hydrogen) atoms. The molecule has 9 heteroatoms. The summed E-state index contributed by atoms with van der Waals surface area (Å²) in [5, 5.41) is 41.9. The van der Waals surface area contributed by atoms with Crippen LogP contribution in [0.3, 0.4) is 0 Å². The molecule has 0 aliphatic heterocycles. The molecule has 0 saturated carbocycles. The average Bonchev–Trinajstić information content (AvgIpc) is 2.59. The van der Waals surface area contributed by atoms with Gasteiger partial charge in [-0.2, -0.15) is 0 Å². The van der Waals surface area contributed by atoms with Crippen LogP contribution in [0.15, 0.2) is 12.2 Å². The Labute approximate surface area is 159 Å². The molecule has 156 valence electrons. The lowest BCUT2D eigenvalue weighted by atomic mass is 9.97. The van der Waals surface area contributed by atoms with Gasteiger partial charge in [-0.15, -0.1) is 0 Å². The highest BCUT2D eigenvalue weighted by Gasteiger charge is 2.36. The second-order valence-corrected chi connectivity index (χ2v) is 6.70. The molecule has 0 saturated heterocycles. The van der Waals surface area contributed by atoms with E-state index in [1.54, 1.807) is 13.0 Å². The number of carbonyl (C=O) groups excluding carboxylic acids is 1. The molecule has 0 heterocycles. The standard InChI is InChI=1S/C18H32N2O7/c1-2-15(19(24)25)17(22)14-18(23)16(20(26)27)12-10-8-6-4-3-5-7-9-11-13-21/h8,10,13,15-18,22-23H,2-7,9,11-12,14H2,1H3/b10-8-. The molecule has 9 nitrogen and oxygen atoms in total. The number of hydrogen-bond donors (Lipinski definition) is 2. The van der Waals surface area contributed by atoms with Crippen LogP contribution >= 0.6 is 0 Å². The third kappa shape index (κ3) is 11.4. The first-order valence-corrected chi connectivity index (χ1v) is 9.56. The van der Waals surface area contributed by atoms with E-state index < -0.39 is 40.6 Å². The third-order valence-electron chi connectivity index (χ3n) is 4.57. The fourth-order valence-corrected chi connectivity index (χ4v) is 2.88. The monoisotopic (exact) mass is 388 g/mol. The molecule has 0 aromatic rings. The lowest BCUT2D eigenvalue weighted by Gasteiger charge is -2.20. The Morgan fingerprint density at radius 2 is 1.37 bits per heavy atom. The minimum Gasteiger partial charge on any atom is -0.386 e. The number of carbonyl (C=O) groups is 1. The van der Waals surface area contributed by atoms with Gasteiger partial charge in [0.05, 0.1) is 0 Å². The molecule has 4 atom stereocenters. The molecule has 0 aliphatic rings. The van der Waals surface area contributed by atoms with Crippen LogP contribution in [0, 0.1) is 20.2 Å². The van der Waals surface area contributed by atoms with Crippen LogP contribution in [-0.2, 0) is 4.79 Å². The van der Waals surface area contributed by atoms with Crippen molar-refractivity contribution < 1.29 is 24.9 Å². The largest absolute Gasteiger partial charge is 0.386 e. The molecule has 0 fully saturated rings. The zero-order chi connectivity index (χ0) is 20.7. The van der Waals surface area contributed by atoms with E-state index in [0.717, 1.165) is 44.8 Å². The van der Waals surface area contributed by atoms with Crippen LogP contribution in [0.4, 0.5) is 0 Å². The first-order valence-electron chi connectivity index (χ1n) is 9.56. The van der Waals surface area contributed by atoms with Crippen LogP contribution in [-0.4, -0.2) is 50.6 Å².